The summed E-state index contributed by atoms with van der Waals surface area (Å²) in [6, 6.07) is 3.87. The molecule has 1 aromatic carbocycles. The zero-order chi connectivity index (χ0) is 10.6. The van der Waals surface area contributed by atoms with Gasteiger partial charge in [0.1, 0.15) is 11.4 Å². The zero-order valence-electron chi connectivity index (χ0n) is 7.65. The maximum Gasteiger partial charge on any atom is 0.272 e. The van der Waals surface area contributed by atoms with Crippen LogP contribution in [-0.2, 0) is 5.54 Å². The van der Waals surface area contributed by atoms with Gasteiger partial charge in [-0.15, -0.1) is 0 Å². The van der Waals surface area contributed by atoms with Gasteiger partial charge in [0.2, 0.25) is 0 Å². The van der Waals surface area contributed by atoms with Crippen LogP contribution in [-0.4, -0.2) is 5.92 Å². The molecule has 1 nitrogen and oxygen atoms in total. The minimum Gasteiger partial charge on any atom is -0.316 e. The van der Waals surface area contributed by atoms with E-state index in [1.807, 2.05) is 0 Å². The van der Waals surface area contributed by atoms with Crippen molar-refractivity contribution < 1.29 is 13.2 Å². The third kappa shape index (κ3) is 1.21. The van der Waals surface area contributed by atoms with Gasteiger partial charge < -0.3 is 5.73 Å². The van der Waals surface area contributed by atoms with Crippen LogP contribution in [0.2, 0.25) is 0 Å². The van der Waals surface area contributed by atoms with Crippen LogP contribution in [0.15, 0.2) is 18.2 Å². The lowest BCUT2D eigenvalue weighted by atomic mass is 10.0. The molecule has 0 spiro atoms. The third-order valence-corrected chi connectivity index (χ3v) is 2.59. The number of halogens is 3. The summed E-state index contributed by atoms with van der Waals surface area (Å²) < 4.78 is 38.7. The molecule has 0 heterocycles. The average Bonchev–Trinajstić information content (AvgIpc) is 2.50. The predicted octanol–water partition coefficient (Wildman–Crippen LogP) is 2.33. The van der Waals surface area contributed by atoms with Crippen LogP contribution in [0.5, 0.6) is 0 Å². The highest BCUT2D eigenvalue weighted by Gasteiger charge is 2.70. The molecular weight excluding hydrogens is 191 g/mol. The van der Waals surface area contributed by atoms with Gasteiger partial charge in [-0.2, -0.15) is 0 Å². The number of benzene rings is 1. The van der Waals surface area contributed by atoms with Crippen molar-refractivity contribution in [3.05, 3.63) is 35.1 Å². The van der Waals surface area contributed by atoms with E-state index in [0.29, 0.717) is 5.56 Å². The van der Waals surface area contributed by atoms with E-state index in [4.69, 9.17) is 5.73 Å². The summed E-state index contributed by atoms with van der Waals surface area (Å²) in [7, 11) is 0. The molecule has 0 radical (unpaired) electrons. The number of hydrogen-bond donors (Lipinski definition) is 1. The van der Waals surface area contributed by atoms with Crippen LogP contribution >= 0.6 is 0 Å². The summed E-state index contributed by atoms with van der Waals surface area (Å²) in [6.07, 6.45) is -0.400. The van der Waals surface area contributed by atoms with E-state index in [2.05, 4.69) is 0 Å². The van der Waals surface area contributed by atoms with Gasteiger partial charge in [0, 0.05) is 6.42 Å². The Morgan fingerprint density at radius 3 is 2.29 bits per heavy atom. The molecule has 1 aliphatic rings. The maximum absolute atomic E-state index is 12.9. The average molecular weight is 201 g/mol. The molecule has 0 bridgehead atoms. The SMILES string of the molecule is Cc1cc(F)cc(C2(N)CC2(F)F)c1. The standard InChI is InChI=1S/C10H10F3N/c1-6-2-7(4-8(11)3-6)9(14)5-10(9,12)13/h2-4H,5,14H2,1H3. The number of hydrogen-bond acceptors (Lipinski definition) is 1. The van der Waals surface area contributed by atoms with Crippen LogP contribution in [0.1, 0.15) is 17.5 Å². The van der Waals surface area contributed by atoms with Crippen LogP contribution < -0.4 is 5.73 Å². The fourth-order valence-corrected chi connectivity index (χ4v) is 1.61. The second-order valence-electron chi connectivity index (χ2n) is 3.87. The van der Waals surface area contributed by atoms with Crippen molar-refractivity contribution in [3.8, 4) is 0 Å². The van der Waals surface area contributed by atoms with Gasteiger partial charge in [0.25, 0.3) is 5.92 Å². The molecule has 2 rings (SSSR count). The Labute approximate surface area is 79.7 Å². The van der Waals surface area contributed by atoms with Gasteiger partial charge in [-0.25, -0.2) is 13.2 Å². The van der Waals surface area contributed by atoms with Crippen molar-refractivity contribution in [2.24, 2.45) is 5.73 Å². The van der Waals surface area contributed by atoms with E-state index in [1.165, 1.54) is 12.1 Å². The third-order valence-electron chi connectivity index (χ3n) is 2.59. The van der Waals surface area contributed by atoms with Gasteiger partial charge in [0.05, 0.1) is 0 Å². The first-order chi connectivity index (χ1) is 6.35. The Bertz CT molecular complexity index is 369. The second-order valence-corrected chi connectivity index (χ2v) is 3.87. The molecular formula is C10H10F3N. The number of rotatable bonds is 1. The highest BCUT2D eigenvalue weighted by Crippen LogP contribution is 2.57. The number of aryl methyl sites for hydroxylation is 1. The minimum atomic E-state index is -2.90. The molecule has 1 fully saturated rings. The molecule has 1 aliphatic carbocycles. The second kappa shape index (κ2) is 2.51. The van der Waals surface area contributed by atoms with Crippen LogP contribution in [0.4, 0.5) is 13.2 Å². The van der Waals surface area contributed by atoms with Crippen molar-refractivity contribution in [2.45, 2.75) is 24.8 Å². The Morgan fingerprint density at radius 2 is 1.86 bits per heavy atom. The Hall–Kier alpha value is -1.03. The van der Waals surface area contributed by atoms with E-state index in [-0.39, 0.29) is 5.56 Å². The molecule has 0 aromatic heterocycles. The van der Waals surface area contributed by atoms with Crippen LogP contribution in [0.3, 0.4) is 0 Å². The molecule has 14 heavy (non-hydrogen) atoms. The van der Waals surface area contributed by atoms with Crippen molar-refractivity contribution in [3.63, 3.8) is 0 Å². The van der Waals surface area contributed by atoms with Gasteiger partial charge >= 0.3 is 0 Å². The molecule has 1 atom stereocenters. The predicted molar refractivity (Wildman–Crippen MR) is 46.6 cm³/mol. The molecule has 0 saturated heterocycles. The number of alkyl halides is 2. The minimum absolute atomic E-state index is 0.181. The van der Waals surface area contributed by atoms with Crippen molar-refractivity contribution in [1.29, 1.82) is 0 Å². The summed E-state index contributed by atoms with van der Waals surface area (Å²) in [6.45, 7) is 1.65. The highest BCUT2D eigenvalue weighted by molar-refractivity contribution is 5.38. The van der Waals surface area contributed by atoms with Crippen molar-refractivity contribution in [2.75, 3.05) is 0 Å². The topological polar surface area (TPSA) is 26.0 Å². The normalized spacial score (nSPS) is 28.9. The Kier molecular flexibility index (Phi) is 1.71. The highest BCUT2D eigenvalue weighted by atomic mass is 19.3. The summed E-state index contributed by atoms with van der Waals surface area (Å²) in [4.78, 5) is 0. The largest absolute Gasteiger partial charge is 0.316 e. The van der Waals surface area contributed by atoms with E-state index < -0.39 is 23.7 Å². The van der Waals surface area contributed by atoms with Crippen LogP contribution in [0, 0.1) is 12.7 Å². The molecule has 4 heteroatoms. The zero-order valence-corrected chi connectivity index (χ0v) is 7.65. The molecule has 1 saturated carbocycles. The van der Waals surface area contributed by atoms with Crippen LogP contribution in [0.25, 0.3) is 0 Å². The lowest BCUT2D eigenvalue weighted by Crippen LogP contribution is -2.27. The Morgan fingerprint density at radius 1 is 1.29 bits per heavy atom. The summed E-state index contributed by atoms with van der Waals surface area (Å²) >= 11 is 0. The quantitative estimate of drug-likeness (QED) is 0.741. The van der Waals surface area contributed by atoms with E-state index in [1.54, 1.807) is 6.92 Å². The summed E-state index contributed by atoms with van der Waals surface area (Å²) in [5.41, 5.74) is 4.60. The molecule has 0 aliphatic heterocycles. The van der Waals surface area contributed by atoms with Gasteiger partial charge in [0.15, 0.2) is 0 Å². The molecule has 1 aromatic rings. The summed E-state index contributed by atoms with van der Waals surface area (Å²) in [5, 5.41) is 0. The molecule has 1 unspecified atom stereocenters. The fraction of sp³-hybridized carbons (Fsp3) is 0.400. The first-order valence-electron chi connectivity index (χ1n) is 4.29. The van der Waals surface area contributed by atoms with E-state index in [0.717, 1.165) is 6.07 Å². The molecule has 0 amide bonds. The van der Waals surface area contributed by atoms with Gasteiger partial charge in [-0.1, -0.05) is 6.07 Å². The van der Waals surface area contributed by atoms with Gasteiger partial charge in [-0.3, -0.25) is 0 Å². The number of nitrogens with two attached hydrogens (primary N) is 1. The van der Waals surface area contributed by atoms with E-state index >= 15 is 0 Å². The fourth-order valence-electron chi connectivity index (χ4n) is 1.61. The van der Waals surface area contributed by atoms with Gasteiger partial charge in [-0.05, 0) is 30.2 Å². The maximum atomic E-state index is 12.9. The Balaban J connectivity index is 2.44. The summed E-state index contributed by atoms with van der Waals surface area (Å²) in [5.74, 6) is -3.42. The monoisotopic (exact) mass is 201 g/mol. The lowest BCUT2D eigenvalue weighted by molar-refractivity contribution is 0.0890. The van der Waals surface area contributed by atoms with E-state index in [9.17, 15) is 13.2 Å². The van der Waals surface area contributed by atoms with Crippen molar-refractivity contribution in [1.82, 2.24) is 0 Å². The first-order valence-corrected chi connectivity index (χ1v) is 4.29. The molecule has 2 N–H and O–H groups in total. The lowest BCUT2D eigenvalue weighted by Gasteiger charge is -2.11. The first kappa shape index (κ1) is 9.52. The van der Waals surface area contributed by atoms with Crippen molar-refractivity contribution >= 4 is 0 Å². The smallest absolute Gasteiger partial charge is 0.272 e. The molecule has 76 valence electrons.